The van der Waals surface area contributed by atoms with Crippen molar-refractivity contribution >= 4 is 16.8 Å². The molecule has 0 saturated heterocycles. The summed E-state index contributed by atoms with van der Waals surface area (Å²) in [6.45, 7) is 19.5. The average Bonchev–Trinajstić information content (AvgIpc) is 2.77. The molecule has 154 valence electrons. The molecule has 29 heavy (non-hydrogen) atoms. The summed E-state index contributed by atoms with van der Waals surface area (Å²) in [6.07, 6.45) is 16.4. The molecule has 2 aromatic heterocycles. The van der Waals surface area contributed by atoms with Crippen molar-refractivity contribution in [2.75, 3.05) is 0 Å². The van der Waals surface area contributed by atoms with Crippen LogP contribution in [-0.4, -0.2) is 9.38 Å². The molecule has 0 unspecified atom stereocenters. The summed E-state index contributed by atoms with van der Waals surface area (Å²) in [5, 5.41) is 0. The Labute approximate surface area is 175 Å². The minimum absolute atomic E-state index is 0.125. The quantitative estimate of drug-likeness (QED) is 0.496. The van der Waals surface area contributed by atoms with E-state index in [-0.39, 0.29) is 5.56 Å². The SMILES string of the molecule is C=C/C=C(\C=C/C)c1c(/C(C=C)=C/C=C\C)nc2ccccn2c1=O.CC.CC. The van der Waals surface area contributed by atoms with Crippen LogP contribution in [0.5, 0.6) is 0 Å². The number of allylic oxidation sites excluding steroid dienone is 10. The average molecular weight is 391 g/mol. The van der Waals surface area contributed by atoms with E-state index in [0.29, 0.717) is 16.9 Å². The first-order valence-corrected chi connectivity index (χ1v) is 10.1. The number of rotatable bonds is 6. The number of fused-ring (bicyclic) bond motifs is 1. The molecule has 2 aromatic rings. The van der Waals surface area contributed by atoms with Crippen LogP contribution in [0.2, 0.25) is 0 Å². The van der Waals surface area contributed by atoms with Crippen molar-refractivity contribution in [1.82, 2.24) is 9.38 Å². The summed E-state index contributed by atoms with van der Waals surface area (Å²) in [5.74, 6) is 0. The molecular weight excluding hydrogens is 356 g/mol. The van der Waals surface area contributed by atoms with Crippen molar-refractivity contribution in [2.24, 2.45) is 0 Å². The van der Waals surface area contributed by atoms with Crippen molar-refractivity contribution in [2.45, 2.75) is 41.5 Å². The van der Waals surface area contributed by atoms with Gasteiger partial charge in [-0.25, -0.2) is 4.98 Å². The first kappa shape index (κ1) is 25.8. The van der Waals surface area contributed by atoms with E-state index in [0.717, 1.165) is 11.1 Å². The maximum Gasteiger partial charge on any atom is 0.266 e. The van der Waals surface area contributed by atoms with Gasteiger partial charge in [-0.15, -0.1) is 0 Å². The third kappa shape index (κ3) is 6.72. The minimum Gasteiger partial charge on any atom is -0.268 e. The number of nitrogens with zero attached hydrogens (tertiary/aromatic N) is 2. The summed E-state index contributed by atoms with van der Waals surface area (Å²) in [5.41, 5.74) is 3.15. The van der Waals surface area contributed by atoms with Crippen LogP contribution < -0.4 is 5.56 Å². The molecule has 0 aliphatic carbocycles. The molecule has 0 radical (unpaired) electrons. The summed E-state index contributed by atoms with van der Waals surface area (Å²) < 4.78 is 1.55. The van der Waals surface area contributed by atoms with Crippen LogP contribution in [0.15, 0.2) is 91.0 Å². The summed E-state index contributed by atoms with van der Waals surface area (Å²) in [6, 6.07) is 5.49. The van der Waals surface area contributed by atoms with Gasteiger partial charge in [0.1, 0.15) is 5.65 Å². The van der Waals surface area contributed by atoms with Crippen molar-refractivity contribution in [1.29, 1.82) is 0 Å². The van der Waals surface area contributed by atoms with Gasteiger partial charge in [-0.3, -0.25) is 9.20 Å². The molecule has 3 nitrogen and oxygen atoms in total. The molecule has 0 N–H and O–H groups in total. The minimum atomic E-state index is -0.125. The van der Waals surface area contributed by atoms with Crippen molar-refractivity contribution in [3.63, 3.8) is 0 Å². The van der Waals surface area contributed by atoms with E-state index in [1.54, 1.807) is 22.7 Å². The molecule has 3 heteroatoms. The van der Waals surface area contributed by atoms with Crippen LogP contribution in [0.25, 0.3) is 16.8 Å². The van der Waals surface area contributed by atoms with E-state index in [9.17, 15) is 4.79 Å². The molecule has 2 heterocycles. The predicted molar refractivity (Wildman–Crippen MR) is 130 cm³/mol. The van der Waals surface area contributed by atoms with Crippen LogP contribution in [0.4, 0.5) is 0 Å². The zero-order valence-electron chi connectivity index (χ0n) is 18.6. The highest BCUT2D eigenvalue weighted by Crippen LogP contribution is 2.24. The van der Waals surface area contributed by atoms with E-state index in [4.69, 9.17) is 4.98 Å². The van der Waals surface area contributed by atoms with E-state index in [2.05, 4.69) is 13.2 Å². The smallest absolute Gasteiger partial charge is 0.266 e. The van der Waals surface area contributed by atoms with Crippen LogP contribution in [-0.2, 0) is 0 Å². The molecule has 0 atom stereocenters. The van der Waals surface area contributed by atoms with Crippen molar-refractivity contribution in [3.8, 4) is 0 Å². The summed E-state index contributed by atoms with van der Waals surface area (Å²) >= 11 is 0. The Kier molecular flexibility index (Phi) is 13.2. The normalized spacial score (nSPS) is 11.7. The van der Waals surface area contributed by atoms with E-state index in [1.807, 2.05) is 96.2 Å². The van der Waals surface area contributed by atoms with Gasteiger partial charge in [-0.2, -0.15) is 0 Å². The van der Waals surface area contributed by atoms with E-state index in [1.165, 1.54) is 0 Å². The Morgan fingerprint density at radius 3 is 2.24 bits per heavy atom. The van der Waals surface area contributed by atoms with Gasteiger partial charge < -0.3 is 0 Å². The Morgan fingerprint density at radius 1 is 1.00 bits per heavy atom. The van der Waals surface area contributed by atoms with E-state index >= 15 is 0 Å². The predicted octanol–water partition coefficient (Wildman–Crippen LogP) is 7.04. The van der Waals surface area contributed by atoms with E-state index < -0.39 is 0 Å². The molecule has 0 fully saturated rings. The topological polar surface area (TPSA) is 34.4 Å². The van der Waals surface area contributed by atoms with Gasteiger partial charge in [0.25, 0.3) is 5.56 Å². The monoisotopic (exact) mass is 390 g/mol. The number of pyridine rings is 1. The van der Waals surface area contributed by atoms with Gasteiger partial charge >= 0.3 is 0 Å². The van der Waals surface area contributed by atoms with Crippen LogP contribution in [0.3, 0.4) is 0 Å². The highest BCUT2D eigenvalue weighted by molar-refractivity contribution is 5.86. The molecular formula is C26H34N2O. The van der Waals surface area contributed by atoms with Crippen LogP contribution >= 0.6 is 0 Å². The first-order valence-electron chi connectivity index (χ1n) is 10.1. The standard InChI is InChI=1S/C22H22N2O.2C2H6/c1-5-9-14-17(8-4)21-20(18(12-6-2)13-7-3)22(25)24-16-11-10-15-19(24)23-21;2*1-2/h5-16H,2,4H2,1,3H3;2*1-2H3/b9-5-,13-7-,17-14+,18-12+;;. The highest BCUT2D eigenvalue weighted by atomic mass is 16.1. The van der Waals surface area contributed by atoms with Crippen LogP contribution in [0.1, 0.15) is 52.8 Å². The molecule has 0 aliphatic rings. The fourth-order valence-corrected chi connectivity index (χ4v) is 2.53. The van der Waals surface area contributed by atoms with Gasteiger partial charge in [0.2, 0.25) is 0 Å². The molecule has 0 spiro atoms. The Hall–Kier alpha value is -3.20. The lowest BCUT2D eigenvalue weighted by Gasteiger charge is -2.12. The second-order valence-electron chi connectivity index (χ2n) is 5.28. The van der Waals surface area contributed by atoms with Crippen LogP contribution in [0, 0.1) is 0 Å². The summed E-state index contributed by atoms with van der Waals surface area (Å²) in [4.78, 5) is 17.9. The lowest BCUT2D eigenvalue weighted by atomic mass is 9.99. The summed E-state index contributed by atoms with van der Waals surface area (Å²) in [7, 11) is 0. The van der Waals surface area contributed by atoms with Crippen molar-refractivity contribution < 1.29 is 0 Å². The third-order valence-electron chi connectivity index (χ3n) is 3.63. The lowest BCUT2D eigenvalue weighted by molar-refractivity contribution is 1.02. The molecule has 2 rings (SSSR count). The fraction of sp³-hybridized carbons (Fsp3) is 0.231. The lowest BCUT2D eigenvalue weighted by Crippen LogP contribution is -2.21. The second kappa shape index (κ2) is 14.8. The zero-order valence-corrected chi connectivity index (χ0v) is 18.6. The number of hydrogen-bond acceptors (Lipinski definition) is 2. The van der Waals surface area contributed by atoms with Gasteiger partial charge in [0.05, 0.1) is 11.3 Å². The van der Waals surface area contributed by atoms with Gasteiger partial charge in [-0.05, 0) is 31.6 Å². The fourth-order valence-electron chi connectivity index (χ4n) is 2.53. The van der Waals surface area contributed by atoms with Gasteiger partial charge in [0.15, 0.2) is 0 Å². The number of aromatic nitrogens is 2. The Balaban J connectivity index is 0.00000184. The maximum atomic E-state index is 13.2. The Bertz CT molecular complexity index is 970. The largest absolute Gasteiger partial charge is 0.268 e. The molecule has 0 bridgehead atoms. The highest BCUT2D eigenvalue weighted by Gasteiger charge is 2.16. The molecule has 0 aromatic carbocycles. The van der Waals surface area contributed by atoms with Crippen molar-refractivity contribution in [3.05, 3.63) is 108 Å². The molecule has 0 saturated carbocycles. The third-order valence-corrected chi connectivity index (χ3v) is 3.63. The zero-order chi connectivity index (χ0) is 22.2. The maximum absolute atomic E-state index is 13.2. The second-order valence-corrected chi connectivity index (χ2v) is 5.28. The van der Waals surface area contributed by atoms with Gasteiger partial charge in [0, 0.05) is 11.8 Å². The molecule has 0 amide bonds. The Morgan fingerprint density at radius 2 is 1.69 bits per heavy atom. The first-order chi connectivity index (χ1) is 14.2. The molecule has 0 aliphatic heterocycles. The van der Waals surface area contributed by atoms with Gasteiger partial charge in [-0.1, -0.05) is 95.5 Å². The number of hydrogen-bond donors (Lipinski definition) is 0.